The Morgan fingerprint density at radius 2 is 1.45 bits per heavy atom. The lowest BCUT2D eigenvalue weighted by Gasteiger charge is -2.15. The van der Waals surface area contributed by atoms with E-state index in [1.807, 2.05) is 72.8 Å². The first kappa shape index (κ1) is 28.5. The number of carbonyl (C=O) groups excluding carboxylic acids is 2. The zero-order valence-electron chi connectivity index (χ0n) is 23.2. The van der Waals surface area contributed by atoms with Gasteiger partial charge in [0.25, 0.3) is 5.91 Å². The van der Waals surface area contributed by atoms with E-state index in [9.17, 15) is 9.59 Å². The van der Waals surface area contributed by atoms with Crippen LogP contribution in [0.4, 0.5) is 5.69 Å². The zero-order chi connectivity index (χ0) is 29.5. The number of nitrogens with one attached hydrogen (secondary N) is 1. The summed E-state index contributed by atoms with van der Waals surface area (Å²) in [5, 5.41) is 3.46. The molecule has 0 fully saturated rings. The molecule has 212 valence electrons. The number of pyridine rings is 1. The number of esters is 1. The lowest BCUT2D eigenvalue weighted by Crippen LogP contribution is -2.21. The maximum absolute atomic E-state index is 13.4. The molecule has 42 heavy (non-hydrogen) atoms. The van der Waals surface area contributed by atoms with Gasteiger partial charge in [0.2, 0.25) is 5.75 Å². The van der Waals surface area contributed by atoms with Crippen molar-refractivity contribution in [2.75, 3.05) is 33.3 Å². The van der Waals surface area contributed by atoms with Crippen molar-refractivity contribution in [1.29, 1.82) is 0 Å². The van der Waals surface area contributed by atoms with Crippen LogP contribution in [0.1, 0.15) is 10.4 Å². The first-order chi connectivity index (χ1) is 20.5. The Bertz CT molecular complexity index is 1720. The van der Waals surface area contributed by atoms with Crippen LogP contribution in [0.5, 0.6) is 17.2 Å². The van der Waals surface area contributed by atoms with Crippen LogP contribution in [-0.4, -0.2) is 44.8 Å². The standard InChI is InChI=1S/C33H28N2O6S/c1-38-28-17-21(18-29(39-2)32(28)40-3)27-19-24(23-13-7-8-14-25(23)34-27)33(37)41-20-31(36)35-26-15-9-10-16-30(26)42-22-11-5-4-6-12-22/h4-19H,20H2,1-3H3,(H,35,36). The Hall–Kier alpha value is -5.02. The van der Waals surface area contributed by atoms with Crippen LogP contribution in [0, 0.1) is 0 Å². The van der Waals surface area contributed by atoms with E-state index in [0.717, 1.165) is 9.79 Å². The molecule has 0 aliphatic rings. The minimum atomic E-state index is -0.649. The van der Waals surface area contributed by atoms with Gasteiger partial charge in [0.15, 0.2) is 18.1 Å². The summed E-state index contributed by atoms with van der Waals surface area (Å²) in [6, 6.07) is 29.7. The fourth-order valence-electron chi connectivity index (χ4n) is 4.39. The van der Waals surface area contributed by atoms with Crippen LogP contribution in [0.15, 0.2) is 107 Å². The molecule has 0 unspecified atom stereocenters. The van der Waals surface area contributed by atoms with Gasteiger partial charge in [-0.1, -0.05) is 60.3 Å². The number of rotatable bonds is 10. The molecular formula is C33H28N2O6S. The number of hydrogen-bond donors (Lipinski definition) is 1. The van der Waals surface area contributed by atoms with Crippen LogP contribution >= 0.6 is 11.8 Å². The summed E-state index contributed by atoms with van der Waals surface area (Å²) in [6.45, 7) is -0.459. The predicted octanol–water partition coefficient (Wildman–Crippen LogP) is 6.87. The SMILES string of the molecule is COc1cc(-c2cc(C(=O)OCC(=O)Nc3ccccc3Sc3ccccc3)c3ccccc3n2)cc(OC)c1OC. The molecule has 0 radical (unpaired) electrons. The van der Waals surface area contributed by atoms with Crippen molar-refractivity contribution in [3.05, 3.63) is 103 Å². The van der Waals surface area contributed by atoms with E-state index in [1.54, 1.807) is 24.3 Å². The largest absolute Gasteiger partial charge is 0.493 e. The Kier molecular flexibility index (Phi) is 8.89. The van der Waals surface area contributed by atoms with Crippen molar-refractivity contribution in [3.8, 4) is 28.5 Å². The van der Waals surface area contributed by atoms with Gasteiger partial charge in [0, 0.05) is 20.7 Å². The van der Waals surface area contributed by atoms with Crippen molar-refractivity contribution >= 4 is 40.2 Å². The number of nitrogens with zero attached hydrogens (tertiary/aromatic N) is 1. The van der Waals surface area contributed by atoms with Crippen molar-refractivity contribution in [2.24, 2.45) is 0 Å². The smallest absolute Gasteiger partial charge is 0.339 e. The Labute approximate surface area is 247 Å². The average Bonchev–Trinajstić information content (AvgIpc) is 3.03. The third kappa shape index (κ3) is 6.31. The number of anilines is 1. The minimum Gasteiger partial charge on any atom is -0.493 e. The lowest BCUT2D eigenvalue weighted by atomic mass is 10.0. The quantitative estimate of drug-likeness (QED) is 0.179. The third-order valence-electron chi connectivity index (χ3n) is 6.36. The van der Waals surface area contributed by atoms with Gasteiger partial charge in [-0.3, -0.25) is 4.79 Å². The molecule has 5 aromatic rings. The summed E-state index contributed by atoms with van der Waals surface area (Å²) in [7, 11) is 4.59. The van der Waals surface area contributed by atoms with E-state index in [4.69, 9.17) is 23.9 Å². The van der Waals surface area contributed by atoms with Crippen molar-refractivity contribution in [2.45, 2.75) is 9.79 Å². The van der Waals surface area contributed by atoms with Crippen LogP contribution < -0.4 is 19.5 Å². The second-order valence-corrected chi connectivity index (χ2v) is 10.1. The first-order valence-corrected chi connectivity index (χ1v) is 13.8. The summed E-state index contributed by atoms with van der Waals surface area (Å²) < 4.78 is 21.9. The molecule has 0 aliphatic carbocycles. The molecule has 0 spiro atoms. The molecule has 4 aromatic carbocycles. The van der Waals surface area contributed by atoms with Gasteiger partial charge in [-0.15, -0.1) is 0 Å². The van der Waals surface area contributed by atoms with Crippen LogP contribution in [0.3, 0.4) is 0 Å². The molecular weight excluding hydrogens is 552 g/mol. The van der Waals surface area contributed by atoms with Crippen LogP contribution in [0.25, 0.3) is 22.2 Å². The summed E-state index contributed by atoms with van der Waals surface area (Å²) in [5.74, 6) is 0.248. The second-order valence-electron chi connectivity index (χ2n) is 9.02. The fraction of sp³-hybridized carbons (Fsp3) is 0.121. The molecule has 8 nitrogen and oxygen atoms in total. The number of carbonyl (C=O) groups is 2. The van der Waals surface area contributed by atoms with Gasteiger partial charge in [-0.25, -0.2) is 9.78 Å². The maximum Gasteiger partial charge on any atom is 0.339 e. The van der Waals surface area contributed by atoms with E-state index in [2.05, 4.69) is 5.32 Å². The van der Waals surface area contributed by atoms with E-state index in [1.165, 1.54) is 33.1 Å². The van der Waals surface area contributed by atoms with Gasteiger partial charge in [-0.05, 0) is 48.5 Å². The molecule has 0 bridgehead atoms. The van der Waals surface area contributed by atoms with Gasteiger partial charge in [0.05, 0.1) is 43.8 Å². The van der Waals surface area contributed by atoms with E-state index >= 15 is 0 Å². The predicted molar refractivity (Wildman–Crippen MR) is 163 cm³/mol. The number of benzene rings is 4. The summed E-state index contributed by atoms with van der Waals surface area (Å²) in [4.78, 5) is 32.9. The van der Waals surface area contributed by atoms with Gasteiger partial charge >= 0.3 is 5.97 Å². The second kappa shape index (κ2) is 13.1. The molecule has 1 amide bonds. The number of ether oxygens (including phenoxy) is 4. The van der Waals surface area contributed by atoms with Crippen molar-refractivity contribution in [3.63, 3.8) is 0 Å². The van der Waals surface area contributed by atoms with Crippen molar-refractivity contribution in [1.82, 2.24) is 4.98 Å². The Morgan fingerprint density at radius 1 is 0.786 bits per heavy atom. The number of methoxy groups -OCH3 is 3. The van der Waals surface area contributed by atoms with Gasteiger partial charge in [0.1, 0.15) is 0 Å². The Balaban J connectivity index is 1.37. The summed E-state index contributed by atoms with van der Waals surface area (Å²) in [5.41, 5.74) is 2.64. The maximum atomic E-state index is 13.4. The highest BCUT2D eigenvalue weighted by Crippen LogP contribution is 2.41. The number of fused-ring (bicyclic) bond motifs is 1. The molecule has 1 aromatic heterocycles. The molecule has 1 N–H and O–H groups in total. The van der Waals surface area contributed by atoms with Gasteiger partial charge in [-0.2, -0.15) is 0 Å². The molecule has 0 saturated heterocycles. The fourth-order valence-corrected chi connectivity index (χ4v) is 5.31. The molecule has 5 rings (SSSR count). The third-order valence-corrected chi connectivity index (χ3v) is 7.45. The normalized spacial score (nSPS) is 10.6. The number of amides is 1. The highest BCUT2D eigenvalue weighted by molar-refractivity contribution is 7.99. The lowest BCUT2D eigenvalue weighted by molar-refractivity contribution is -0.119. The van der Waals surface area contributed by atoms with Crippen LogP contribution in [0.2, 0.25) is 0 Å². The molecule has 0 saturated carbocycles. The van der Waals surface area contributed by atoms with Crippen LogP contribution in [-0.2, 0) is 9.53 Å². The average molecular weight is 581 g/mol. The number of hydrogen-bond acceptors (Lipinski definition) is 8. The highest BCUT2D eigenvalue weighted by atomic mass is 32.2. The monoisotopic (exact) mass is 580 g/mol. The molecule has 1 heterocycles. The summed E-state index contributed by atoms with van der Waals surface area (Å²) in [6.07, 6.45) is 0. The number of para-hydroxylation sites is 2. The number of aromatic nitrogens is 1. The van der Waals surface area contributed by atoms with Crippen molar-refractivity contribution < 1.29 is 28.5 Å². The Morgan fingerprint density at radius 3 is 2.17 bits per heavy atom. The topological polar surface area (TPSA) is 96.0 Å². The molecule has 9 heteroatoms. The zero-order valence-corrected chi connectivity index (χ0v) is 24.1. The van der Waals surface area contributed by atoms with E-state index < -0.39 is 18.5 Å². The van der Waals surface area contributed by atoms with Gasteiger partial charge < -0.3 is 24.3 Å². The van der Waals surface area contributed by atoms with E-state index in [-0.39, 0.29) is 5.56 Å². The molecule has 0 atom stereocenters. The minimum absolute atomic E-state index is 0.275. The highest BCUT2D eigenvalue weighted by Gasteiger charge is 2.20. The van der Waals surface area contributed by atoms with E-state index in [0.29, 0.717) is 45.1 Å². The molecule has 0 aliphatic heterocycles. The summed E-state index contributed by atoms with van der Waals surface area (Å²) >= 11 is 1.53. The first-order valence-electron chi connectivity index (χ1n) is 13.0.